The second kappa shape index (κ2) is 7.14. The number of nitrogens with zero attached hydrogens (tertiary/aromatic N) is 2. The van der Waals surface area contributed by atoms with E-state index in [4.69, 9.17) is 0 Å². The van der Waals surface area contributed by atoms with E-state index in [-0.39, 0.29) is 0 Å². The fourth-order valence-electron chi connectivity index (χ4n) is 3.79. The van der Waals surface area contributed by atoms with Crippen molar-refractivity contribution in [1.29, 1.82) is 0 Å². The van der Waals surface area contributed by atoms with Gasteiger partial charge >= 0.3 is 0 Å². The molecule has 0 aliphatic carbocycles. The van der Waals surface area contributed by atoms with E-state index < -0.39 is 0 Å². The maximum atomic E-state index is 4.19. The molecule has 4 rings (SSSR count). The molecule has 0 amide bonds. The lowest BCUT2D eigenvalue weighted by atomic mass is 9.89. The molecule has 24 heavy (non-hydrogen) atoms. The van der Waals surface area contributed by atoms with Gasteiger partial charge in [-0.2, -0.15) is 0 Å². The molecule has 1 aliphatic heterocycles. The first-order chi connectivity index (χ1) is 11.9. The van der Waals surface area contributed by atoms with Crippen LogP contribution in [0.2, 0.25) is 0 Å². The molecule has 0 unspecified atom stereocenters. The third-order valence-corrected chi connectivity index (χ3v) is 5.28. The Bertz CT molecular complexity index is 789. The van der Waals surface area contributed by atoms with E-state index in [1.165, 1.54) is 47.8 Å². The number of aromatic nitrogens is 1. The van der Waals surface area contributed by atoms with Crippen LogP contribution in [0.25, 0.3) is 10.8 Å². The summed E-state index contributed by atoms with van der Waals surface area (Å²) in [6.07, 6.45) is 7.52. The van der Waals surface area contributed by atoms with Crippen LogP contribution in [0, 0.1) is 0 Å². The number of benzene rings is 2. The van der Waals surface area contributed by atoms with E-state index in [2.05, 4.69) is 64.5 Å². The predicted octanol–water partition coefficient (Wildman–Crippen LogP) is 4.66. The number of rotatable bonds is 4. The van der Waals surface area contributed by atoms with Crippen molar-refractivity contribution in [2.24, 2.45) is 0 Å². The molecular formula is C22H24N2. The van der Waals surface area contributed by atoms with Gasteiger partial charge in [0.05, 0.1) is 0 Å². The quantitative estimate of drug-likeness (QED) is 0.696. The van der Waals surface area contributed by atoms with Crippen molar-refractivity contribution < 1.29 is 0 Å². The van der Waals surface area contributed by atoms with Crippen LogP contribution in [-0.4, -0.2) is 29.5 Å². The van der Waals surface area contributed by atoms with Crippen molar-refractivity contribution in [1.82, 2.24) is 9.88 Å². The first-order valence-corrected chi connectivity index (χ1v) is 8.98. The summed E-state index contributed by atoms with van der Waals surface area (Å²) < 4.78 is 0. The Morgan fingerprint density at radius 3 is 2.58 bits per heavy atom. The van der Waals surface area contributed by atoms with Crippen molar-refractivity contribution in [2.75, 3.05) is 19.6 Å². The molecule has 1 saturated heterocycles. The molecule has 0 N–H and O–H groups in total. The normalized spacial score (nSPS) is 16.5. The maximum absolute atomic E-state index is 4.19. The number of hydrogen-bond acceptors (Lipinski definition) is 2. The zero-order chi connectivity index (χ0) is 16.2. The van der Waals surface area contributed by atoms with E-state index in [1.54, 1.807) is 0 Å². The molecule has 0 bridgehead atoms. The Morgan fingerprint density at radius 1 is 0.917 bits per heavy atom. The van der Waals surface area contributed by atoms with Crippen LogP contribution >= 0.6 is 0 Å². The van der Waals surface area contributed by atoms with Crippen LogP contribution in [0.1, 0.15) is 29.9 Å². The van der Waals surface area contributed by atoms with E-state index in [9.17, 15) is 0 Å². The summed E-state index contributed by atoms with van der Waals surface area (Å²) in [6.45, 7) is 3.60. The number of likely N-dealkylation sites (tertiary alicyclic amines) is 1. The summed E-state index contributed by atoms with van der Waals surface area (Å²) in [7, 11) is 0. The average Bonchev–Trinajstić information content (AvgIpc) is 2.67. The highest BCUT2D eigenvalue weighted by molar-refractivity contribution is 5.81. The second-order valence-electron chi connectivity index (χ2n) is 6.83. The van der Waals surface area contributed by atoms with E-state index >= 15 is 0 Å². The predicted molar refractivity (Wildman–Crippen MR) is 100 cm³/mol. The SMILES string of the molecule is c1ccc(C2CCN(CCc3ccc4cnccc4c3)CC2)cc1. The zero-order valence-corrected chi connectivity index (χ0v) is 14.1. The summed E-state index contributed by atoms with van der Waals surface area (Å²) in [5, 5.41) is 2.52. The molecule has 2 heterocycles. The Labute approximate surface area is 144 Å². The Morgan fingerprint density at radius 2 is 1.75 bits per heavy atom. The van der Waals surface area contributed by atoms with Crippen LogP contribution in [0.4, 0.5) is 0 Å². The molecule has 2 nitrogen and oxygen atoms in total. The highest BCUT2D eigenvalue weighted by Crippen LogP contribution is 2.27. The van der Waals surface area contributed by atoms with Gasteiger partial charge < -0.3 is 4.90 Å². The zero-order valence-electron chi connectivity index (χ0n) is 14.1. The molecule has 2 heteroatoms. The molecule has 1 aromatic heterocycles. The Hall–Kier alpha value is -2.19. The first kappa shape index (κ1) is 15.3. The lowest BCUT2D eigenvalue weighted by Gasteiger charge is -2.32. The molecular weight excluding hydrogens is 292 g/mol. The van der Waals surface area contributed by atoms with Gasteiger partial charge in [-0.15, -0.1) is 0 Å². The summed E-state index contributed by atoms with van der Waals surface area (Å²) >= 11 is 0. The minimum atomic E-state index is 0.746. The molecule has 0 spiro atoms. The molecule has 0 atom stereocenters. The van der Waals surface area contributed by atoms with Crippen LogP contribution in [0.15, 0.2) is 67.0 Å². The van der Waals surface area contributed by atoms with Crippen molar-refractivity contribution in [3.8, 4) is 0 Å². The fraction of sp³-hybridized carbons (Fsp3) is 0.318. The molecule has 3 aromatic rings. The summed E-state index contributed by atoms with van der Waals surface area (Å²) in [4.78, 5) is 6.81. The number of fused-ring (bicyclic) bond motifs is 1. The molecule has 2 aromatic carbocycles. The maximum Gasteiger partial charge on any atom is 0.0346 e. The van der Waals surface area contributed by atoms with E-state index in [0.29, 0.717) is 0 Å². The Balaban J connectivity index is 1.32. The summed E-state index contributed by atoms with van der Waals surface area (Å²) in [5.74, 6) is 0.746. The first-order valence-electron chi connectivity index (χ1n) is 8.98. The average molecular weight is 316 g/mol. The topological polar surface area (TPSA) is 16.1 Å². The van der Waals surface area contributed by atoms with Gasteiger partial charge in [-0.1, -0.05) is 48.5 Å². The number of piperidine rings is 1. The lowest BCUT2D eigenvalue weighted by molar-refractivity contribution is 0.214. The van der Waals surface area contributed by atoms with Gasteiger partial charge in [0.1, 0.15) is 0 Å². The van der Waals surface area contributed by atoms with Gasteiger partial charge in [0.15, 0.2) is 0 Å². The highest BCUT2D eigenvalue weighted by Gasteiger charge is 2.19. The molecule has 1 fully saturated rings. The van der Waals surface area contributed by atoms with E-state index in [1.807, 2.05) is 12.4 Å². The minimum absolute atomic E-state index is 0.746. The fourth-order valence-corrected chi connectivity index (χ4v) is 3.79. The second-order valence-corrected chi connectivity index (χ2v) is 6.83. The molecule has 0 saturated carbocycles. The highest BCUT2D eigenvalue weighted by atomic mass is 15.1. The van der Waals surface area contributed by atoms with Crippen LogP contribution in [0.3, 0.4) is 0 Å². The third-order valence-electron chi connectivity index (χ3n) is 5.28. The minimum Gasteiger partial charge on any atom is -0.303 e. The van der Waals surface area contributed by atoms with Gasteiger partial charge in [-0.3, -0.25) is 4.98 Å². The largest absolute Gasteiger partial charge is 0.303 e. The van der Waals surface area contributed by atoms with Gasteiger partial charge in [-0.05, 0) is 60.8 Å². The Kier molecular flexibility index (Phi) is 4.57. The smallest absolute Gasteiger partial charge is 0.0346 e. The molecule has 1 aliphatic rings. The van der Waals surface area contributed by atoms with Crippen LogP contribution < -0.4 is 0 Å². The molecule has 122 valence electrons. The van der Waals surface area contributed by atoms with Gasteiger partial charge in [0.2, 0.25) is 0 Å². The number of hydrogen-bond donors (Lipinski definition) is 0. The number of pyridine rings is 1. The van der Waals surface area contributed by atoms with Gasteiger partial charge in [0, 0.05) is 24.3 Å². The monoisotopic (exact) mass is 316 g/mol. The molecule has 0 radical (unpaired) electrons. The van der Waals surface area contributed by atoms with Crippen molar-refractivity contribution in [2.45, 2.75) is 25.2 Å². The van der Waals surface area contributed by atoms with Crippen LogP contribution in [0.5, 0.6) is 0 Å². The third kappa shape index (κ3) is 3.49. The lowest BCUT2D eigenvalue weighted by Crippen LogP contribution is -2.34. The van der Waals surface area contributed by atoms with Gasteiger partial charge in [-0.25, -0.2) is 0 Å². The van der Waals surface area contributed by atoms with Crippen molar-refractivity contribution >= 4 is 10.8 Å². The van der Waals surface area contributed by atoms with Crippen molar-refractivity contribution in [3.63, 3.8) is 0 Å². The van der Waals surface area contributed by atoms with Crippen molar-refractivity contribution in [3.05, 3.63) is 78.1 Å². The standard InChI is InChI=1S/C22H24N2/c1-2-4-19(5-3-1)20-10-14-24(15-11-20)13-9-18-6-7-22-17-23-12-8-21(22)16-18/h1-8,12,16-17,20H,9-11,13-15H2. The van der Waals surface area contributed by atoms with Gasteiger partial charge in [0.25, 0.3) is 0 Å². The van der Waals surface area contributed by atoms with E-state index in [0.717, 1.165) is 18.9 Å². The summed E-state index contributed by atoms with van der Waals surface area (Å²) in [5.41, 5.74) is 2.94. The summed E-state index contributed by atoms with van der Waals surface area (Å²) in [6, 6.07) is 19.9. The van der Waals surface area contributed by atoms with Crippen LogP contribution in [-0.2, 0) is 6.42 Å².